The Hall–Kier alpha value is -1.93. The molecule has 2 heterocycles. The second-order valence-electron chi connectivity index (χ2n) is 9.55. The van der Waals surface area contributed by atoms with Crippen LogP contribution in [0.4, 0.5) is 4.39 Å². The Morgan fingerprint density at radius 2 is 1.50 bits per heavy atom. The molecule has 0 saturated carbocycles. The molecular weight excluding hydrogens is 386 g/mol. The fourth-order valence-electron chi connectivity index (χ4n) is 3.75. The molecule has 6 nitrogen and oxygen atoms in total. The zero-order valence-electron chi connectivity index (χ0n) is 19.0. The molecule has 0 N–H and O–H groups in total. The third-order valence-corrected chi connectivity index (χ3v) is 6.45. The lowest BCUT2D eigenvalue weighted by Gasteiger charge is -2.36. The van der Waals surface area contributed by atoms with Gasteiger partial charge in [0.1, 0.15) is 5.82 Å². The fourth-order valence-corrected chi connectivity index (χ4v) is 3.75. The van der Waals surface area contributed by atoms with E-state index in [0.29, 0.717) is 42.8 Å². The first kappa shape index (κ1) is 22.8. The van der Waals surface area contributed by atoms with Crippen molar-refractivity contribution in [2.24, 2.45) is 5.92 Å². The van der Waals surface area contributed by atoms with Gasteiger partial charge in [0.05, 0.1) is 11.2 Å². The molecule has 0 aliphatic carbocycles. The van der Waals surface area contributed by atoms with Gasteiger partial charge < -0.3 is 19.1 Å². The van der Waals surface area contributed by atoms with Crippen LogP contribution in [-0.4, -0.2) is 66.1 Å². The summed E-state index contributed by atoms with van der Waals surface area (Å²) in [5.41, 5.74) is 0.164. The summed E-state index contributed by atoms with van der Waals surface area (Å²) in [5.74, 6) is -0.707. The van der Waals surface area contributed by atoms with Crippen molar-refractivity contribution in [3.05, 3.63) is 29.1 Å². The van der Waals surface area contributed by atoms with Crippen molar-refractivity contribution in [3.63, 3.8) is 0 Å². The maximum absolute atomic E-state index is 15.0. The summed E-state index contributed by atoms with van der Waals surface area (Å²) in [4.78, 5) is 28.6. The van der Waals surface area contributed by atoms with Crippen LogP contribution in [0.1, 0.15) is 57.5 Å². The molecular formula is C22H32BFN2O4. The van der Waals surface area contributed by atoms with E-state index in [2.05, 4.69) is 0 Å². The Morgan fingerprint density at radius 1 is 1.00 bits per heavy atom. The lowest BCUT2D eigenvalue weighted by molar-refractivity contribution is -0.135. The first-order chi connectivity index (χ1) is 13.8. The van der Waals surface area contributed by atoms with Crippen molar-refractivity contribution in [3.8, 4) is 0 Å². The lowest BCUT2D eigenvalue weighted by Crippen LogP contribution is -2.51. The molecule has 2 aliphatic rings. The molecule has 30 heavy (non-hydrogen) atoms. The van der Waals surface area contributed by atoms with Crippen molar-refractivity contribution in [2.45, 2.75) is 59.7 Å². The molecule has 8 heteroatoms. The number of carbonyl (C=O) groups is 2. The highest BCUT2D eigenvalue weighted by Crippen LogP contribution is 2.36. The summed E-state index contributed by atoms with van der Waals surface area (Å²) in [6, 6.07) is 2.92. The first-order valence-electron chi connectivity index (χ1n) is 10.6. The summed E-state index contributed by atoms with van der Waals surface area (Å²) in [6.45, 7) is 15.1. The van der Waals surface area contributed by atoms with E-state index in [9.17, 15) is 14.0 Å². The van der Waals surface area contributed by atoms with Crippen molar-refractivity contribution >= 4 is 24.4 Å². The van der Waals surface area contributed by atoms with E-state index >= 15 is 0 Å². The number of hydrogen-bond acceptors (Lipinski definition) is 4. The van der Waals surface area contributed by atoms with Gasteiger partial charge in [-0.15, -0.1) is 0 Å². The second-order valence-corrected chi connectivity index (χ2v) is 9.55. The monoisotopic (exact) mass is 418 g/mol. The third kappa shape index (κ3) is 4.12. The predicted octanol–water partition coefficient (Wildman–Crippen LogP) is 2.37. The number of hydrogen-bond donors (Lipinski definition) is 0. The average molecular weight is 418 g/mol. The number of nitrogens with zero attached hydrogens (tertiary/aromatic N) is 2. The molecule has 164 valence electrons. The first-order valence-corrected chi connectivity index (χ1v) is 10.6. The van der Waals surface area contributed by atoms with E-state index in [0.717, 1.165) is 0 Å². The third-order valence-electron chi connectivity index (χ3n) is 6.45. The van der Waals surface area contributed by atoms with Gasteiger partial charge in [-0.3, -0.25) is 9.59 Å². The van der Waals surface area contributed by atoms with Gasteiger partial charge in [0.15, 0.2) is 0 Å². The highest BCUT2D eigenvalue weighted by molar-refractivity contribution is 6.62. The number of halogens is 1. The van der Waals surface area contributed by atoms with E-state index < -0.39 is 24.1 Å². The summed E-state index contributed by atoms with van der Waals surface area (Å²) < 4.78 is 26.9. The van der Waals surface area contributed by atoms with Gasteiger partial charge in [0.2, 0.25) is 5.91 Å². The number of benzene rings is 1. The van der Waals surface area contributed by atoms with Gasteiger partial charge in [-0.25, -0.2) is 4.39 Å². The SMILES string of the molecule is Cc1cc(B2OC(C)(C)C(C)(C)O2)c(F)cc1C(=O)N1CCN(C(=O)C(C)C)CC1. The Labute approximate surface area is 178 Å². The Kier molecular flexibility index (Phi) is 6.04. The Balaban J connectivity index is 1.75. The number of rotatable bonds is 3. The van der Waals surface area contributed by atoms with Crippen molar-refractivity contribution < 1.29 is 23.3 Å². The minimum absolute atomic E-state index is 0.0638. The van der Waals surface area contributed by atoms with Crippen LogP contribution in [0, 0.1) is 18.7 Å². The second kappa shape index (κ2) is 7.96. The van der Waals surface area contributed by atoms with E-state index in [4.69, 9.17) is 9.31 Å². The highest BCUT2D eigenvalue weighted by Gasteiger charge is 2.52. The van der Waals surface area contributed by atoms with Gasteiger partial charge in [-0.1, -0.05) is 19.9 Å². The zero-order chi connectivity index (χ0) is 22.4. The smallest absolute Gasteiger partial charge is 0.399 e. The van der Waals surface area contributed by atoms with Crippen LogP contribution in [0.3, 0.4) is 0 Å². The molecule has 1 aromatic rings. The summed E-state index contributed by atoms with van der Waals surface area (Å²) in [5, 5.41) is 0. The maximum atomic E-state index is 15.0. The maximum Gasteiger partial charge on any atom is 0.497 e. The molecule has 2 amide bonds. The van der Waals surface area contributed by atoms with Gasteiger partial charge in [0, 0.05) is 43.1 Å². The van der Waals surface area contributed by atoms with E-state index in [1.165, 1.54) is 6.07 Å². The summed E-state index contributed by atoms with van der Waals surface area (Å²) in [6.07, 6.45) is 0. The van der Waals surface area contributed by atoms with Gasteiger partial charge in [-0.2, -0.15) is 0 Å². The van der Waals surface area contributed by atoms with Crippen molar-refractivity contribution in [2.75, 3.05) is 26.2 Å². The minimum Gasteiger partial charge on any atom is -0.399 e. The Bertz CT molecular complexity index is 832. The lowest BCUT2D eigenvalue weighted by atomic mass is 9.77. The Morgan fingerprint density at radius 3 is 2.00 bits per heavy atom. The van der Waals surface area contributed by atoms with Gasteiger partial charge in [-0.05, 0) is 46.2 Å². The number of aryl methyl sites for hydroxylation is 1. The molecule has 0 bridgehead atoms. The van der Waals surface area contributed by atoms with E-state index in [1.807, 2.05) is 41.5 Å². The normalized spacial score (nSPS) is 20.8. The van der Waals surface area contributed by atoms with Crippen molar-refractivity contribution in [1.29, 1.82) is 0 Å². The summed E-state index contributed by atoms with van der Waals surface area (Å²) >= 11 is 0. The number of piperazine rings is 1. The highest BCUT2D eigenvalue weighted by atomic mass is 19.1. The van der Waals surface area contributed by atoms with Crippen LogP contribution < -0.4 is 5.46 Å². The average Bonchev–Trinajstić information content (AvgIpc) is 2.89. The van der Waals surface area contributed by atoms with E-state index in [-0.39, 0.29) is 17.7 Å². The molecule has 0 spiro atoms. The van der Waals surface area contributed by atoms with Crippen LogP contribution in [0.2, 0.25) is 0 Å². The van der Waals surface area contributed by atoms with Crippen molar-refractivity contribution in [1.82, 2.24) is 9.80 Å². The number of amides is 2. The molecule has 0 radical (unpaired) electrons. The van der Waals surface area contributed by atoms with Gasteiger partial charge in [0.25, 0.3) is 5.91 Å². The largest absolute Gasteiger partial charge is 0.497 e. The number of carbonyl (C=O) groups excluding carboxylic acids is 2. The molecule has 2 fully saturated rings. The summed E-state index contributed by atoms with van der Waals surface area (Å²) in [7, 11) is -0.816. The molecule has 0 aromatic heterocycles. The van der Waals surface area contributed by atoms with Gasteiger partial charge >= 0.3 is 7.12 Å². The molecule has 0 atom stereocenters. The van der Waals surface area contributed by atoms with Crippen LogP contribution in [0.5, 0.6) is 0 Å². The van der Waals surface area contributed by atoms with Crippen LogP contribution in [-0.2, 0) is 14.1 Å². The molecule has 0 unspecified atom stereocenters. The fraction of sp³-hybridized carbons (Fsp3) is 0.636. The molecule has 3 rings (SSSR count). The van der Waals surface area contributed by atoms with E-state index in [1.54, 1.807) is 22.8 Å². The minimum atomic E-state index is -0.816. The molecule has 1 aromatic carbocycles. The van der Waals surface area contributed by atoms with Crippen LogP contribution >= 0.6 is 0 Å². The predicted molar refractivity (Wildman–Crippen MR) is 114 cm³/mol. The van der Waals surface area contributed by atoms with Crippen LogP contribution in [0.15, 0.2) is 12.1 Å². The topological polar surface area (TPSA) is 59.1 Å². The zero-order valence-corrected chi connectivity index (χ0v) is 19.0. The molecule has 2 aliphatic heterocycles. The molecule has 2 saturated heterocycles. The standard InChI is InChI=1S/C22H32BFN2O4/c1-14(2)19(27)25-8-10-26(11-9-25)20(28)16-13-18(24)17(12-15(16)3)23-29-21(4,5)22(6,7)30-23/h12-14H,8-11H2,1-7H3. The quantitative estimate of drug-likeness (QED) is 0.708. The van der Waals surface area contributed by atoms with Crippen LogP contribution in [0.25, 0.3) is 0 Å².